The number of pyridine rings is 1. The Morgan fingerprint density at radius 2 is 1.52 bits per heavy atom. The SMILES string of the molecule is COc1ccc(NC(=O)COc2cc(-c3ccc(OC)cc3)nc3ccccc23)cc1. The van der Waals surface area contributed by atoms with Gasteiger partial charge in [0.1, 0.15) is 17.2 Å². The molecule has 1 N–H and O–H groups in total. The van der Waals surface area contributed by atoms with Gasteiger partial charge in [-0.15, -0.1) is 0 Å². The van der Waals surface area contributed by atoms with E-state index in [2.05, 4.69) is 5.32 Å². The molecule has 1 aromatic heterocycles. The number of amides is 1. The number of methoxy groups -OCH3 is 2. The number of para-hydroxylation sites is 1. The van der Waals surface area contributed by atoms with Gasteiger partial charge in [-0.25, -0.2) is 4.98 Å². The summed E-state index contributed by atoms with van der Waals surface area (Å²) in [6.07, 6.45) is 0. The van der Waals surface area contributed by atoms with Gasteiger partial charge < -0.3 is 19.5 Å². The third kappa shape index (κ3) is 4.75. The quantitative estimate of drug-likeness (QED) is 0.464. The van der Waals surface area contributed by atoms with Crippen LogP contribution in [0.25, 0.3) is 22.2 Å². The van der Waals surface area contributed by atoms with Crippen molar-refractivity contribution in [2.24, 2.45) is 0 Å². The number of anilines is 1. The van der Waals surface area contributed by atoms with Crippen molar-refractivity contribution >= 4 is 22.5 Å². The Hall–Kier alpha value is -4.06. The number of carbonyl (C=O) groups excluding carboxylic acids is 1. The van der Waals surface area contributed by atoms with Gasteiger partial charge in [-0.05, 0) is 60.7 Å². The predicted octanol–water partition coefficient (Wildman–Crippen LogP) is 4.94. The molecule has 4 rings (SSSR count). The van der Waals surface area contributed by atoms with E-state index in [-0.39, 0.29) is 12.5 Å². The smallest absolute Gasteiger partial charge is 0.262 e. The van der Waals surface area contributed by atoms with E-state index in [9.17, 15) is 4.79 Å². The van der Waals surface area contributed by atoms with E-state index in [0.717, 1.165) is 33.7 Å². The number of hydrogen-bond acceptors (Lipinski definition) is 5. The molecule has 0 atom stereocenters. The number of nitrogens with one attached hydrogen (secondary N) is 1. The number of rotatable bonds is 7. The molecule has 0 unspecified atom stereocenters. The maximum Gasteiger partial charge on any atom is 0.262 e. The molecule has 0 fully saturated rings. The van der Waals surface area contributed by atoms with Crippen LogP contribution in [0, 0.1) is 0 Å². The van der Waals surface area contributed by atoms with Crippen LogP contribution in [0.3, 0.4) is 0 Å². The third-order valence-corrected chi connectivity index (χ3v) is 4.80. The van der Waals surface area contributed by atoms with E-state index in [1.54, 1.807) is 38.5 Å². The molecule has 3 aromatic carbocycles. The first-order chi connectivity index (χ1) is 15.2. The highest BCUT2D eigenvalue weighted by atomic mass is 16.5. The van der Waals surface area contributed by atoms with E-state index >= 15 is 0 Å². The fourth-order valence-corrected chi connectivity index (χ4v) is 3.19. The summed E-state index contributed by atoms with van der Waals surface area (Å²) in [5, 5.41) is 3.67. The lowest BCUT2D eigenvalue weighted by atomic mass is 10.1. The maximum atomic E-state index is 12.4. The minimum Gasteiger partial charge on any atom is -0.497 e. The molecule has 0 saturated carbocycles. The zero-order chi connectivity index (χ0) is 21.6. The summed E-state index contributed by atoms with van der Waals surface area (Å²) in [4.78, 5) is 17.1. The summed E-state index contributed by atoms with van der Waals surface area (Å²) in [6, 6.07) is 24.3. The van der Waals surface area contributed by atoms with Gasteiger partial charge in [0, 0.05) is 22.7 Å². The van der Waals surface area contributed by atoms with Crippen molar-refractivity contribution in [3.8, 4) is 28.5 Å². The van der Waals surface area contributed by atoms with E-state index < -0.39 is 0 Å². The van der Waals surface area contributed by atoms with Gasteiger partial charge in [-0.2, -0.15) is 0 Å². The lowest BCUT2D eigenvalue weighted by molar-refractivity contribution is -0.118. The summed E-state index contributed by atoms with van der Waals surface area (Å²) in [5.41, 5.74) is 3.15. The highest BCUT2D eigenvalue weighted by Crippen LogP contribution is 2.30. The fraction of sp³-hybridized carbons (Fsp3) is 0.120. The van der Waals surface area contributed by atoms with Crippen LogP contribution >= 0.6 is 0 Å². The standard InChI is InChI=1S/C25H22N2O4/c1-29-19-11-7-17(8-12-19)23-15-24(21-5-3-4-6-22(21)27-23)31-16-25(28)26-18-9-13-20(30-2)14-10-18/h3-15H,16H2,1-2H3,(H,26,28). The molecule has 0 bridgehead atoms. The summed E-state index contributed by atoms with van der Waals surface area (Å²) >= 11 is 0. The molecule has 0 saturated heterocycles. The molecule has 0 aliphatic carbocycles. The van der Waals surface area contributed by atoms with Crippen LogP contribution in [-0.2, 0) is 4.79 Å². The molecule has 6 nitrogen and oxygen atoms in total. The zero-order valence-electron chi connectivity index (χ0n) is 17.3. The number of carbonyl (C=O) groups is 1. The Labute approximate surface area is 180 Å². The van der Waals surface area contributed by atoms with Crippen LogP contribution < -0.4 is 19.5 Å². The minimum absolute atomic E-state index is 0.123. The Bertz CT molecular complexity index is 1190. The third-order valence-electron chi connectivity index (χ3n) is 4.80. The van der Waals surface area contributed by atoms with E-state index in [0.29, 0.717) is 11.4 Å². The Kier molecular flexibility index (Phi) is 5.98. The summed E-state index contributed by atoms with van der Waals surface area (Å²) < 4.78 is 16.3. The number of fused-ring (bicyclic) bond motifs is 1. The van der Waals surface area contributed by atoms with Crippen molar-refractivity contribution in [1.29, 1.82) is 0 Å². The normalized spacial score (nSPS) is 10.5. The maximum absolute atomic E-state index is 12.4. The Morgan fingerprint density at radius 3 is 2.19 bits per heavy atom. The van der Waals surface area contributed by atoms with Crippen molar-refractivity contribution < 1.29 is 19.0 Å². The minimum atomic E-state index is -0.253. The van der Waals surface area contributed by atoms with Crippen LogP contribution in [0.1, 0.15) is 0 Å². The lowest BCUT2D eigenvalue weighted by Crippen LogP contribution is -2.20. The second-order valence-electron chi connectivity index (χ2n) is 6.82. The predicted molar refractivity (Wildman–Crippen MR) is 121 cm³/mol. The van der Waals surface area contributed by atoms with E-state index in [1.807, 2.05) is 54.6 Å². The van der Waals surface area contributed by atoms with E-state index in [4.69, 9.17) is 19.2 Å². The molecule has 4 aromatic rings. The topological polar surface area (TPSA) is 69.7 Å². The Balaban J connectivity index is 1.54. The lowest BCUT2D eigenvalue weighted by Gasteiger charge is -2.12. The Morgan fingerprint density at radius 1 is 0.871 bits per heavy atom. The molecular weight excluding hydrogens is 392 g/mol. The van der Waals surface area contributed by atoms with Crippen molar-refractivity contribution in [1.82, 2.24) is 4.98 Å². The first kappa shape index (κ1) is 20.2. The second kappa shape index (κ2) is 9.17. The molecule has 0 aliphatic heterocycles. The van der Waals surface area contributed by atoms with Crippen molar-refractivity contribution in [2.75, 3.05) is 26.1 Å². The van der Waals surface area contributed by atoms with Crippen molar-refractivity contribution in [3.63, 3.8) is 0 Å². The largest absolute Gasteiger partial charge is 0.497 e. The fourth-order valence-electron chi connectivity index (χ4n) is 3.19. The van der Waals surface area contributed by atoms with Crippen molar-refractivity contribution in [3.05, 3.63) is 78.9 Å². The number of benzene rings is 3. The highest BCUT2D eigenvalue weighted by Gasteiger charge is 2.11. The van der Waals surface area contributed by atoms with Crippen LogP contribution in [0.4, 0.5) is 5.69 Å². The highest BCUT2D eigenvalue weighted by molar-refractivity contribution is 5.93. The van der Waals surface area contributed by atoms with E-state index in [1.165, 1.54) is 0 Å². The average molecular weight is 414 g/mol. The van der Waals surface area contributed by atoms with Crippen LogP contribution in [-0.4, -0.2) is 31.7 Å². The summed E-state index contributed by atoms with van der Waals surface area (Å²) in [7, 11) is 3.23. The molecular formula is C25H22N2O4. The van der Waals surface area contributed by atoms with Gasteiger partial charge in [0.25, 0.3) is 5.91 Å². The second-order valence-corrected chi connectivity index (χ2v) is 6.82. The molecule has 1 amide bonds. The first-order valence-electron chi connectivity index (χ1n) is 9.77. The van der Waals surface area contributed by atoms with Gasteiger partial charge in [0.15, 0.2) is 6.61 Å². The van der Waals surface area contributed by atoms with Crippen LogP contribution in [0.2, 0.25) is 0 Å². The number of nitrogens with zero attached hydrogens (tertiary/aromatic N) is 1. The number of hydrogen-bond donors (Lipinski definition) is 1. The van der Waals surface area contributed by atoms with Gasteiger partial charge in [-0.1, -0.05) is 12.1 Å². The monoisotopic (exact) mass is 414 g/mol. The first-order valence-corrected chi connectivity index (χ1v) is 9.77. The molecule has 0 radical (unpaired) electrons. The molecule has 1 heterocycles. The zero-order valence-corrected chi connectivity index (χ0v) is 17.3. The molecule has 6 heteroatoms. The van der Waals surface area contributed by atoms with Gasteiger partial charge in [0.05, 0.1) is 25.4 Å². The van der Waals surface area contributed by atoms with Gasteiger partial charge in [-0.3, -0.25) is 4.79 Å². The van der Waals surface area contributed by atoms with Crippen molar-refractivity contribution in [2.45, 2.75) is 0 Å². The number of aromatic nitrogens is 1. The van der Waals surface area contributed by atoms with Gasteiger partial charge >= 0.3 is 0 Å². The molecule has 0 aliphatic rings. The van der Waals surface area contributed by atoms with Crippen LogP contribution in [0.5, 0.6) is 17.2 Å². The summed E-state index contributed by atoms with van der Waals surface area (Å²) in [5.74, 6) is 1.85. The molecule has 31 heavy (non-hydrogen) atoms. The van der Waals surface area contributed by atoms with Gasteiger partial charge in [0.2, 0.25) is 0 Å². The van der Waals surface area contributed by atoms with Crippen LogP contribution in [0.15, 0.2) is 78.9 Å². The average Bonchev–Trinajstić information content (AvgIpc) is 2.83. The molecule has 156 valence electrons. The number of ether oxygens (including phenoxy) is 3. The summed E-state index contributed by atoms with van der Waals surface area (Å²) in [6.45, 7) is -0.123. The molecule has 0 spiro atoms.